The Morgan fingerprint density at radius 1 is 0.350 bits per heavy atom. The predicted octanol–water partition coefficient (Wildman–Crippen LogP) is 16.5. The first-order valence-corrected chi connectivity index (χ1v) is 25.3. The summed E-state index contributed by atoms with van der Waals surface area (Å²) >= 11 is 0. The van der Waals surface area contributed by atoms with Crippen LogP contribution < -0.4 is 0 Å². The number of allylic oxidation sites excluding steroid dienone is 10. The van der Waals surface area contributed by atoms with E-state index in [2.05, 4.69) is 81.5 Å². The lowest BCUT2D eigenvalue weighted by Gasteiger charge is -2.18. The first kappa shape index (κ1) is 57.1. The summed E-state index contributed by atoms with van der Waals surface area (Å²) < 4.78 is 16.7. The molecule has 0 rings (SSSR count). The van der Waals surface area contributed by atoms with E-state index in [9.17, 15) is 14.4 Å². The van der Waals surface area contributed by atoms with Crippen molar-refractivity contribution in [3.63, 3.8) is 0 Å². The minimum Gasteiger partial charge on any atom is -0.462 e. The molecule has 1 atom stereocenters. The van der Waals surface area contributed by atoms with Crippen LogP contribution in [0.25, 0.3) is 0 Å². The van der Waals surface area contributed by atoms with Gasteiger partial charge in [-0.2, -0.15) is 0 Å². The van der Waals surface area contributed by atoms with Gasteiger partial charge in [-0.25, -0.2) is 0 Å². The van der Waals surface area contributed by atoms with Crippen molar-refractivity contribution in [2.24, 2.45) is 0 Å². The van der Waals surface area contributed by atoms with Crippen LogP contribution in [0.1, 0.15) is 245 Å². The Labute approximate surface area is 370 Å². The quantitative estimate of drug-likeness (QED) is 0.0263. The van der Waals surface area contributed by atoms with Crippen molar-refractivity contribution in [1.82, 2.24) is 0 Å². The van der Waals surface area contributed by atoms with Crippen LogP contribution in [0.3, 0.4) is 0 Å². The average molecular weight is 839 g/mol. The minimum absolute atomic E-state index is 0.0752. The molecule has 0 spiro atoms. The summed E-state index contributed by atoms with van der Waals surface area (Å²) in [5.74, 6) is -0.888. The van der Waals surface area contributed by atoms with Gasteiger partial charge < -0.3 is 14.2 Å². The van der Waals surface area contributed by atoms with Crippen molar-refractivity contribution in [2.45, 2.75) is 252 Å². The van der Waals surface area contributed by atoms with E-state index in [-0.39, 0.29) is 31.1 Å². The molecule has 0 heterocycles. The van der Waals surface area contributed by atoms with E-state index in [0.29, 0.717) is 19.3 Å². The maximum atomic E-state index is 12.7. The summed E-state index contributed by atoms with van der Waals surface area (Å²) in [4.78, 5) is 37.8. The van der Waals surface area contributed by atoms with E-state index in [4.69, 9.17) is 14.2 Å². The fourth-order valence-electron chi connectivity index (χ4n) is 7.00. The molecule has 0 saturated heterocycles. The number of esters is 3. The van der Waals surface area contributed by atoms with Crippen LogP contribution in [-0.4, -0.2) is 37.2 Å². The van der Waals surface area contributed by atoms with E-state index < -0.39 is 6.10 Å². The second-order valence-corrected chi connectivity index (χ2v) is 16.7. The monoisotopic (exact) mass is 839 g/mol. The molecule has 0 aliphatic heterocycles. The summed E-state index contributed by atoms with van der Waals surface area (Å²) in [5, 5.41) is 0. The molecular formula is C54H94O6. The second-order valence-electron chi connectivity index (χ2n) is 16.7. The zero-order valence-electron chi connectivity index (χ0n) is 39.5. The van der Waals surface area contributed by atoms with Crippen molar-refractivity contribution in [1.29, 1.82) is 0 Å². The van der Waals surface area contributed by atoms with Crippen LogP contribution in [0.2, 0.25) is 0 Å². The number of hydrogen-bond acceptors (Lipinski definition) is 6. The SMILES string of the molecule is CC/C=C\C/C=C\C/C=C\C/C=C\C/C=C\CCCCCCCCCC(=O)OCC(COC(=O)CCCCCCCCCC)OC(=O)CCCCCCCCCCCCC. The van der Waals surface area contributed by atoms with Crippen LogP contribution in [0.5, 0.6) is 0 Å². The Morgan fingerprint density at radius 2 is 0.650 bits per heavy atom. The van der Waals surface area contributed by atoms with Crippen LogP contribution >= 0.6 is 0 Å². The predicted molar refractivity (Wildman–Crippen MR) is 256 cm³/mol. The summed E-state index contributed by atoms with van der Waals surface area (Å²) in [6, 6.07) is 0. The third-order valence-corrected chi connectivity index (χ3v) is 10.8. The summed E-state index contributed by atoms with van der Waals surface area (Å²) in [6.07, 6.45) is 59.3. The standard InChI is InChI=1S/C54H94O6/c1-4-7-10-13-16-19-21-22-23-24-25-26-27-28-29-30-31-32-34-35-38-41-44-47-53(56)59-50-51(49-58-52(55)46-43-40-37-18-15-12-9-6-3)60-54(57)48-45-42-39-36-33-20-17-14-11-8-5-2/h7,10,16,19,22-23,25-26,28-29,51H,4-6,8-9,11-15,17-18,20-21,24,27,30-50H2,1-3H3/b10-7-,19-16-,23-22-,26-25-,29-28-. The van der Waals surface area contributed by atoms with Crippen molar-refractivity contribution in [3.8, 4) is 0 Å². The molecule has 0 fully saturated rings. The molecule has 346 valence electrons. The van der Waals surface area contributed by atoms with Gasteiger partial charge in [0.2, 0.25) is 0 Å². The second kappa shape index (κ2) is 48.8. The van der Waals surface area contributed by atoms with Crippen molar-refractivity contribution in [3.05, 3.63) is 60.8 Å². The molecule has 0 aliphatic rings. The van der Waals surface area contributed by atoms with Gasteiger partial charge in [0, 0.05) is 19.3 Å². The molecule has 0 radical (unpaired) electrons. The molecule has 6 heteroatoms. The highest BCUT2D eigenvalue weighted by Gasteiger charge is 2.19. The largest absolute Gasteiger partial charge is 0.462 e. The summed E-state index contributed by atoms with van der Waals surface area (Å²) in [7, 11) is 0. The zero-order valence-corrected chi connectivity index (χ0v) is 39.5. The van der Waals surface area contributed by atoms with Gasteiger partial charge in [-0.05, 0) is 64.2 Å². The topological polar surface area (TPSA) is 78.9 Å². The lowest BCUT2D eigenvalue weighted by Crippen LogP contribution is -2.30. The third-order valence-electron chi connectivity index (χ3n) is 10.8. The highest BCUT2D eigenvalue weighted by molar-refractivity contribution is 5.71. The van der Waals surface area contributed by atoms with Crippen LogP contribution in [0.15, 0.2) is 60.8 Å². The van der Waals surface area contributed by atoms with Gasteiger partial charge in [-0.3, -0.25) is 14.4 Å². The Balaban J connectivity index is 4.23. The normalized spacial score (nSPS) is 12.5. The van der Waals surface area contributed by atoms with Crippen LogP contribution in [-0.2, 0) is 28.6 Å². The molecule has 0 amide bonds. The maximum absolute atomic E-state index is 12.7. The molecular weight excluding hydrogens is 745 g/mol. The molecule has 60 heavy (non-hydrogen) atoms. The Hall–Kier alpha value is -2.89. The highest BCUT2D eigenvalue weighted by Crippen LogP contribution is 2.15. The number of hydrogen-bond donors (Lipinski definition) is 0. The Kier molecular flexibility index (Phi) is 46.4. The average Bonchev–Trinajstić information content (AvgIpc) is 3.24. The maximum Gasteiger partial charge on any atom is 0.306 e. The summed E-state index contributed by atoms with van der Waals surface area (Å²) in [5.41, 5.74) is 0. The third kappa shape index (κ3) is 46.2. The molecule has 0 bridgehead atoms. The van der Waals surface area contributed by atoms with Crippen LogP contribution in [0.4, 0.5) is 0 Å². The number of rotatable bonds is 45. The molecule has 1 unspecified atom stereocenters. The van der Waals surface area contributed by atoms with E-state index in [1.54, 1.807) is 0 Å². The first-order valence-electron chi connectivity index (χ1n) is 25.3. The van der Waals surface area contributed by atoms with E-state index in [1.807, 2.05) is 0 Å². The first-order chi connectivity index (χ1) is 29.5. The fraction of sp³-hybridized carbons (Fsp3) is 0.759. The van der Waals surface area contributed by atoms with E-state index >= 15 is 0 Å². The van der Waals surface area contributed by atoms with Gasteiger partial charge in [-0.1, -0.05) is 223 Å². The van der Waals surface area contributed by atoms with Gasteiger partial charge in [0.25, 0.3) is 0 Å². The van der Waals surface area contributed by atoms with Gasteiger partial charge in [0.1, 0.15) is 13.2 Å². The van der Waals surface area contributed by atoms with Crippen molar-refractivity contribution < 1.29 is 28.6 Å². The van der Waals surface area contributed by atoms with Gasteiger partial charge >= 0.3 is 17.9 Å². The molecule has 0 aliphatic carbocycles. The molecule has 0 aromatic heterocycles. The van der Waals surface area contributed by atoms with Gasteiger partial charge in [0.05, 0.1) is 0 Å². The molecule has 0 aromatic rings. The van der Waals surface area contributed by atoms with Crippen molar-refractivity contribution >= 4 is 17.9 Å². The molecule has 0 N–H and O–H groups in total. The molecule has 6 nitrogen and oxygen atoms in total. The number of carbonyl (C=O) groups is 3. The zero-order chi connectivity index (χ0) is 43.7. The van der Waals surface area contributed by atoms with E-state index in [0.717, 1.165) is 96.3 Å². The molecule has 0 aromatic carbocycles. The lowest BCUT2D eigenvalue weighted by atomic mass is 10.1. The molecule has 0 saturated carbocycles. The van der Waals surface area contributed by atoms with Crippen molar-refractivity contribution in [2.75, 3.05) is 13.2 Å². The van der Waals surface area contributed by atoms with Gasteiger partial charge in [0.15, 0.2) is 6.10 Å². The smallest absolute Gasteiger partial charge is 0.306 e. The Bertz CT molecular complexity index is 1100. The summed E-state index contributed by atoms with van der Waals surface area (Å²) in [6.45, 7) is 6.48. The van der Waals surface area contributed by atoms with E-state index in [1.165, 1.54) is 109 Å². The number of carbonyl (C=O) groups excluding carboxylic acids is 3. The minimum atomic E-state index is -0.772. The number of unbranched alkanes of at least 4 members (excludes halogenated alkanes) is 24. The highest BCUT2D eigenvalue weighted by atomic mass is 16.6. The number of ether oxygens (including phenoxy) is 3. The Morgan fingerprint density at radius 3 is 1.02 bits per heavy atom. The lowest BCUT2D eigenvalue weighted by molar-refractivity contribution is -0.167. The fourth-order valence-corrected chi connectivity index (χ4v) is 7.00. The van der Waals surface area contributed by atoms with Gasteiger partial charge in [-0.15, -0.1) is 0 Å². The van der Waals surface area contributed by atoms with Crippen LogP contribution in [0, 0.1) is 0 Å².